The summed E-state index contributed by atoms with van der Waals surface area (Å²) in [7, 11) is -1.99. The van der Waals surface area contributed by atoms with Crippen molar-refractivity contribution < 1.29 is 32.9 Å². The highest BCUT2D eigenvalue weighted by molar-refractivity contribution is 6.74. The SMILES string of the molecule is CC(=O)O[C@H]1CC=C[C@@]2(O1)[C@@H](CO[Si](C)(C)C(C)(C)C)O[C@@H]1OC(C)(C)O[C@@H]12. The molecule has 3 aliphatic rings. The molecule has 0 aliphatic carbocycles. The van der Waals surface area contributed by atoms with Gasteiger partial charge in [-0.05, 0) is 32.0 Å². The molecule has 3 heterocycles. The fourth-order valence-corrected chi connectivity index (χ4v) is 4.54. The molecule has 160 valence electrons. The summed E-state index contributed by atoms with van der Waals surface area (Å²) in [6, 6.07) is 0. The molecule has 7 nitrogen and oxygen atoms in total. The predicted octanol–water partition coefficient (Wildman–Crippen LogP) is 3.49. The average Bonchev–Trinajstić information content (AvgIpc) is 2.96. The van der Waals surface area contributed by atoms with E-state index in [1.54, 1.807) is 0 Å². The summed E-state index contributed by atoms with van der Waals surface area (Å²) in [4.78, 5) is 11.5. The number of rotatable bonds is 4. The zero-order valence-electron chi connectivity index (χ0n) is 18.2. The lowest BCUT2D eigenvalue weighted by atomic mass is 9.89. The van der Waals surface area contributed by atoms with Gasteiger partial charge < -0.3 is 28.1 Å². The molecule has 0 bridgehead atoms. The molecule has 2 fully saturated rings. The van der Waals surface area contributed by atoms with Crippen LogP contribution in [0.2, 0.25) is 18.1 Å². The Labute approximate surface area is 168 Å². The van der Waals surface area contributed by atoms with E-state index in [1.807, 2.05) is 26.0 Å². The maximum atomic E-state index is 11.5. The van der Waals surface area contributed by atoms with Gasteiger partial charge >= 0.3 is 5.97 Å². The van der Waals surface area contributed by atoms with E-state index < -0.39 is 44.5 Å². The third-order valence-corrected chi connectivity index (χ3v) is 10.5. The summed E-state index contributed by atoms with van der Waals surface area (Å²) in [6.07, 6.45) is 2.25. The average molecular weight is 415 g/mol. The first-order chi connectivity index (χ1) is 12.8. The van der Waals surface area contributed by atoms with Gasteiger partial charge in [0, 0.05) is 13.3 Å². The van der Waals surface area contributed by atoms with Gasteiger partial charge in [-0.2, -0.15) is 0 Å². The van der Waals surface area contributed by atoms with E-state index in [9.17, 15) is 4.79 Å². The first kappa shape index (κ1) is 21.9. The summed E-state index contributed by atoms with van der Waals surface area (Å²) < 4.78 is 36.3. The minimum atomic E-state index is -1.99. The Morgan fingerprint density at radius 1 is 1.21 bits per heavy atom. The molecule has 0 aromatic rings. The summed E-state index contributed by atoms with van der Waals surface area (Å²) in [6.45, 7) is 16.4. The van der Waals surface area contributed by atoms with E-state index in [2.05, 4.69) is 33.9 Å². The standard InChI is InChI=1S/C20H34O7Si/c1-13(21)23-15-10-9-11-20(25-15)14(12-22-28(7,8)18(2,3)4)24-17-16(20)26-19(5,6)27-17/h9,11,14-17H,10,12H2,1-8H3/t14-,15-,16+,17-,20-/m1/s1. The van der Waals surface area contributed by atoms with Gasteiger partial charge in [0.2, 0.25) is 6.29 Å². The number of esters is 1. The summed E-state index contributed by atoms with van der Waals surface area (Å²) in [5, 5.41) is 0.0766. The van der Waals surface area contributed by atoms with Crippen LogP contribution in [0.25, 0.3) is 0 Å². The Bertz CT molecular complexity index is 639. The van der Waals surface area contributed by atoms with Gasteiger partial charge in [0.05, 0.1) is 6.61 Å². The molecule has 0 aromatic carbocycles. The quantitative estimate of drug-likeness (QED) is 0.396. The third-order valence-electron chi connectivity index (χ3n) is 6.05. The van der Waals surface area contributed by atoms with Gasteiger partial charge in [0.25, 0.3) is 0 Å². The van der Waals surface area contributed by atoms with Crippen molar-refractivity contribution in [3.8, 4) is 0 Å². The molecule has 5 atom stereocenters. The monoisotopic (exact) mass is 414 g/mol. The molecular weight excluding hydrogens is 380 g/mol. The van der Waals surface area contributed by atoms with Gasteiger partial charge in [0.15, 0.2) is 20.4 Å². The van der Waals surface area contributed by atoms with Crippen molar-refractivity contribution in [1.82, 2.24) is 0 Å². The summed E-state index contributed by atoms with van der Waals surface area (Å²) >= 11 is 0. The van der Waals surface area contributed by atoms with Gasteiger partial charge in [-0.25, -0.2) is 0 Å². The van der Waals surface area contributed by atoms with Gasteiger partial charge in [-0.1, -0.05) is 32.9 Å². The summed E-state index contributed by atoms with van der Waals surface area (Å²) in [5.41, 5.74) is -0.931. The molecule has 0 saturated carbocycles. The first-order valence-corrected chi connectivity index (χ1v) is 12.8. The zero-order chi connectivity index (χ0) is 21.0. The Morgan fingerprint density at radius 2 is 1.89 bits per heavy atom. The van der Waals surface area contributed by atoms with Crippen molar-refractivity contribution in [3.63, 3.8) is 0 Å². The minimum Gasteiger partial charge on any atom is -0.436 e. The molecule has 0 amide bonds. The van der Waals surface area contributed by atoms with Crippen LogP contribution < -0.4 is 0 Å². The van der Waals surface area contributed by atoms with Crippen LogP contribution in [0.4, 0.5) is 0 Å². The first-order valence-electron chi connectivity index (χ1n) is 9.94. The third kappa shape index (κ3) is 4.08. The fourth-order valence-electron chi connectivity index (χ4n) is 3.54. The van der Waals surface area contributed by atoms with E-state index >= 15 is 0 Å². The second-order valence-corrected chi connectivity index (χ2v) is 14.6. The van der Waals surface area contributed by atoms with Crippen LogP contribution in [0.5, 0.6) is 0 Å². The van der Waals surface area contributed by atoms with Crippen LogP contribution in [0.1, 0.15) is 48.0 Å². The van der Waals surface area contributed by atoms with Crippen LogP contribution in [0.3, 0.4) is 0 Å². The van der Waals surface area contributed by atoms with Crippen LogP contribution in [-0.4, -0.2) is 57.1 Å². The number of hydrogen-bond acceptors (Lipinski definition) is 7. The maximum Gasteiger partial charge on any atom is 0.304 e. The van der Waals surface area contributed by atoms with E-state index in [0.29, 0.717) is 13.0 Å². The second kappa shape index (κ2) is 7.18. The van der Waals surface area contributed by atoms with E-state index in [1.165, 1.54) is 6.92 Å². The highest BCUT2D eigenvalue weighted by Gasteiger charge is 2.65. The Balaban J connectivity index is 1.84. The molecule has 2 saturated heterocycles. The molecule has 3 rings (SSSR count). The molecule has 0 unspecified atom stereocenters. The zero-order valence-corrected chi connectivity index (χ0v) is 19.2. The number of hydrogen-bond donors (Lipinski definition) is 0. The Morgan fingerprint density at radius 3 is 2.50 bits per heavy atom. The lowest BCUT2D eigenvalue weighted by Crippen LogP contribution is -2.56. The Hall–Kier alpha value is -0.773. The largest absolute Gasteiger partial charge is 0.436 e. The molecule has 0 radical (unpaired) electrons. The molecule has 28 heavy (non-hydrogen) atoms. The van der Waals surface area contributed by atoms with Gasteiger partial charge in [-0.15, -0.1) is 0 Å². The van der Waals surface area contributed by atoms with Crippen molar-refractivity contribution in [2.75, 3.05) is 6.61 Å². The van der Waals surface area contributed by atoms with Crippen molar-refractivity contribution in [1.29, 1.82) is 0 Å². The molecule has 0 N–H and O–H groups in total. The number of ether oxygens (including phenoxy) is 5. The van der Waals surface area contributed by atoms with E-state index in [4.69, 9.17) is 28.1 Å². The van der Waals surface area contributed by atoms with Crippen LogP contribution in [0, 0.1) is 0 Å². The van der Waals surface area contributed by atoms with Crippen LogP contribution >= 0.6 is 0 Å². The van der Waals surface area contributed by atoms with Crippen molar-refractivity contribution in [2.24, 2.45) is 0 Å². The smallest absolute Gasteiger partial charge is 0.304 e. The lowest BCUT2D eigenvalue weighted by Gasteiger charge is -2.42. The summed E-state index contributed by atoms with van der Waals surface area (Å²) in [5.74, 6) is -1.16. The number of carbonyl (C=O) groups is 1. The number of fused-ring (bicyclic) bond motifs is 2. The molecule has 0 aromatic heterocycles. The fraction of sp³-hybridized carbons (Fsp3) is 0.850. The predicted molar refractivity (Wildman–Crippen MR) is 105 cm³/mol. The van der Waals surface area contributed by atoms with E-state index in [-0.39, 0.29) is 11.0 Å². The molecule has 1 spiro atoms. The van der Waals surface area contributed by atoms with Crippen molar-refractivity contribution in [2.45, 2.75) is 102 Å². The van der Waals surface area contributed by atoms with Crippen LogP contribution in [0.15, 0.2) is 12.2 Å². The van der Waals surface area contributed by atoms with Gasteiger partial charge in [-0.3, -0.25) is 4.79 Å². The van der Waals surface area contributed by atoms with Crippen molar-refractivity contribution >= 4 is 14.3 Å². The molecule has 8 heteroatoms. The lowest BCUT2D eigenvalue weighted by molar-refractivity contribution is -0.263. The molecule has 3 aliphatic heterocycles. The normalized spacial score (nSPS) is 37.3. The Kier molecular flexibility index (Phi) is 5.62. The van der Waals surface area contributed by atoms with Crippen LogP contribution in [-0.2, 0) is 32.9 Å². The minimum absolute atomic E-state index is 0.0766. The molecular formula is C20H34O7Si. The maximum absolute atomic E-state index is 11.5. The van der Waals surface area contributed by atoms with E-state index in [0.717, 1.165) is 0 Å². The number of carbonyl (C=O) groups excluding carboxylic acids is 1. The second-order valence-electron chi connectivity index (χ2n) is 9.77. The topological polar surface area (TPSA) is 72.5 Å². The highest BCUT2D eigenvalue weighted by atomic mass is 28.4. The van der Waals surface area contributed by atoms with Gasteiger partial charge in [0.1, 0.15) is 17.8 Å². The highest BCUT2D eigenvalue weighted by Crippen LogP contribution is 2.48. The van der Waals surface area contributed by atoms with Crippen molar-refractivity contribution in [3.05, 3.63) is 12.2 Å².